The van der Waals surface area contributed by atoms with E-state index in [9.17, 15) is 0 Å². The molecule has 0 aliphatic rings. The van der Waals surface area contributed by atoms with Gasteiger partial charge in [0.05, 0.1) is 12.9 Å². The Labute approximate surface area is 167 Å². The fraction of sp³-hybridized carbons (Fsp3) is 0.304. The summed E-state index contributed by atoms with van der Waals surface area (Å²) in [6.45, 7) is 7.50. The van der Waals surface area contributed by atoms with E-state index in [0.29, 0.717) is 6.54 Å². The molecule has 0 fully saturated rings. The third-order valence-corrected chi connectivity index (χ3v) is 4.50. The zero-order chi connectivity index (χ0) is 19.6. The Balaban J connectivity index is 1.75. The molecule has 0 atom stereocenters. The van der Waals surface area contributed by atoms with Crippen molar-refractivity contribution in [2.75, 3.05) is 13.1 Å². The van der Waals surface area contributed by atoms with Crippen LogP contribution in [0.3, 0.4) is 0 Å². The fourth-order valence-corrected chi connectivity index (χ4v) is 3.07. The van der Waals surface area contributed by atoms with E-state index in [1.165, 1.54) is 22.3 Å². The summed E-state index contributed by atoms with van der Waals surface area (Å²) in [5.41, 5.74) is 4.92. The molecule has 146 valence electrons. The van der Waals surface area contributed by atoms with Crippen molar-refractivity contribution in [2.24, 2.45) is 4.99 Å². The second kappa shape index (κ2) is 10.3. The minimum Gasteiger partial charge on any atom is -0.357 e. The van der Waals surface area contributed by atoms with Gasteiger partial charge in [-0.05, 0) is 35.6 Å². The molecule has 0 unspecified atom stereocenters. The molecule has 0 aliphatic carbocycles. The summed E-state index contributed by atoms with van der Waals surface area (Å²) in [5, 5.41) is 6.67. The van der Waals surface area contributed by atoms with Crippen molar-refractivity contribution in [2.45, 2.75) is 33.4 Å². The number of nitrogens with one attached hydrogen (secondary N) is 2. The van der Waals surface area contributed by atoms with Crippen LogP contribution in [0, 0.1) is 0 Å². The molecule has 1 heterocycles. The van der Waals surface area contributed by atoms with E-state index < -0.39 is 0 Å². The van der Waals surface area contributed by atoms with Gasteiger partial charge in [-0.25, -0.2) is 9.98 Å². The second-order valence-corrected chi connectivity index (χ2v) is 6.71. The number of imidazole rings is 1. The first-order valence-corrected chi connectivity index (χ1v) is 9.95. The van der Waals surface area contributed by atoms with Gasteiger partial charge in [-0.15, -0.1) is 0 Å². The highest BCUT2D eigenvalue weighted by atomic mass is 15.2. The van der Waals surface area contributed by atoms with Gasteiger partial charge in [0.15, 0.2) is 5.96 Å². The van der Waals surface area contributed by atoms with Crippen LogP contribution >= 0.6 is 0 Å². The minimum absolute atomic E-state index is 0.645. The summed E-state index contributed by atoms with van der Waals surface area (Å²) in [4.78, 5) is 8.86. The highest BCUT2D eigenvalue weighted by Gasteiger charge is 2.05. The zero-order valence-corrected chi connectivity index (χ0v) is 16.7. The lowest BCUT2D eigenvalue weighted by Crippen LogP contribution is -2.37. The summed E-state index contributed by atoms with van der Waals surface area (Å²) >= 11 is 0. The zero-order valence-electron chi connectivity index (χ0n) is 16.7. The number of rotatable bonds is 8. The van der Waals surface area contributed by atoms with Crippen molar-refractivity contribution in [1.82, 2.24) is 20.2 Å². The SMILES string of the molecule is CCCNC(=NCc1ccccc1-c1ccc(Cn2ccnc2)cc1)NCC. The van der Waals surface area contributed by atoms with E-state index in [1.54, 1.807) is 0 Å². The summed E-state index contributed by atoms with van der Waals surface area (Å²) < 4.78 is 2.07. The van der Waals surface area contributed by atoms with Crippen LogP contribution in [0.4, 0.5) is 0 Å². The average molecular weight is 376 g/mol. The Morgan fingerprint density at radius 2 is 1.86 bits per heavy atom. The Morgan fingerprint density at radius 1 is 1.04 bits per heavy atom. The number of hydrogen-bond donors (Lipinski definition) is 2. The number of guanidine groups is 1. The van der Waals surface area contributed by atoms with Crippen LogP contribution in [-0.2, 0) is 13.1 Å². The summed E-state index contributed by atoms with van der Waals surface area (Å²) in [6, 6.07) is 17.2. The summed E-state index contributed by atoms with van der Waals surface area (Å²) in [6.07, 6.45) is 6.71. The maximum Gasteiger partial charge on any atom is 0.191 e. The summed E-state index contributed by atoms with van der Waals surface area (Å²) in [5.74, 6) is 0.870. The van der Waals surface area contributed by atoms with Gasteiger partial charge < -0.3 is 15.2 Å². The maximum atomic E-state index is 4.76. The number of hydrogen-bond acceptors (Lipinski definition) is 2. The van der Waals surface area contributed by atoms with Crippen molar-refractivity contribution < 1.29 is 0 Å². The molecular weight excluding hydrogens is 346 g/mol. The molecule has 28 heavy (non-hydrogen) atoms. The molecule has 0 saturated carbocycles. The van der Waals surface area contributed by atoms with Gasteiger partial charge in [0.1, 0.15) is 0 Å². The largest absolute Gasteiger partial charge is 0.357 e. The van der Waals surface area contributed by atoms with E-state index in [2.05, 4.69) is 82.6 Å². The van der Waals surface area contributed by atoms with Crippen LogP contribution < -0.4 is 10.6 Å². The number of benzene rings is 2. The normalized spacial score (nSPS) is 11.4. The van der Waals surface area contributed by atoms with E-state index in [4.69, 9.17) is 4.99 Å². The van der Waals surface area contributed by atoms with Gasteiger partial charge in [0.2, 0.25) is 0 Å². The van der Waals surface area contributed by atoms with Crippen LogP contribution in [0.5, 0.6) is 0 Å². The van der Waals surface area contributed by atoms with Gasteiger partial charge in [0, 0.05) is 32.0 Å². The molecule has 2 aromatic carbocycles. The number of aromatic nitrogens is 2. The van der Waals surface area contributed by atoms with Gasteiger partial charge in [-0.2, -0.15) is 0 Å². The van der Waals surface area contributed by atoms with E-state index in [-0.39, 0.29) is 0 Å². The summed E-state index contributed by atoms with van der Waals surface area (Å²) in [7, 11) is 0. The Hall–Kier alpha value is -3.08. The molecule has 5 nitrogen and oxygen atoms in total. The van der Waals surface area contributed by atoms with Gasteiger partial charge in [0.25, 0.3) is 0 Å². The Bertz CT molecular complexity index is 866. The molecule has 0 saturated heterocycles. The highest BCUT2D eigenvalue weighted by molar-refractivity contribution is 5.80. The van der Waals surface area contributed by atoms with Crippen LogP contribution in [0.2, 0.25) is 0 Å². The molecule has 0 spiro atoms. The first-order chi connectivity index (χ1) is 13.8. The topological polar surface area (TPSA) is 54.2 Å². The molecule has 0 aliphatic heterocycles. The lowest BCUT2D eigenvalue weighted by atomic mass is 9.98. The van der Waals surface area contributed by atoms with Crippen molar-refractivity contribution in [3.8, 4) is 11.1 Å². The lowest BCUT2D eigenvalue weighted by molar-refractivity contribution is 0.785. The third kappa shape index (κ3) is 5.46. The molecule has 2 N–H and O–H groups in total. The molecule has 3 rings (SSSR count). The van der Waals surface area contributed by atoms with Crippen LogP contribution in [-0.4, -0.2) is 28.6 Å². The van der Waals surface area contributed by atoms with Gasteiger partial charge in [-0.1, -0.05) is 55.5 Å². The maximum absolute atomic E-state index is 4.76. The van der Waals surface area contributed by atoms with Crippen molar-refractivity contribution in [3.63, 3.8) is 0 Å². The number of nitrogens with zero attached hydrogens (tertiary/aromatic N) is 3. The van der Waals surface area contributed by atoms with Crippen molar-refractivity contribution in [3.05, 3.63) is 78.4 Å². The fourth-order valence-electron chi connectivity index (χ4n) is 3.07. The predicted molar refractivity (Wildman–Crippen MR) is 116 cm³/mol. The number of aliphatic imine (C=N–C) groups is 1. The standard InChI is InChI=1S/C23H29N5/c1-3-13-26-23(25-4-2)27-16-21-7-5-6-8-22(21)20-11-9-19(10-12-20)17-28-15-14-24-18-28/h5-12,14-15,18H,3-4,13,16-17H2,1-2H3,(H2,25,26,27). The minimum atomic E-state index is 0.645. The first-order valence-electron chi connectivity index (χ1n) is 9.95. The van der Waals surface area contributed by atoms with Crippen molar-refractivity contribution >= 4 is 5.96 Å². The van der Waals surface area contributed by atoms with Crippen molar-refractivity contribution in [1.29, 1.82) is 0 Å². The third-order valence-electron chi connectivity index (χ3n) is 4.50. The predicted octanol–water partition coefficient (Wildman–Crippen LogP) is 4.06. The van der Waals surface area contributed by atoms with Crippen LogP contribution in [0.1, 0.15) is 31.4 Å². The average Bonchev–Trinajstić information content (AvgIpc) is 3.24. The van der Waals surface area contributed by atoms with Crippen LogP contribution in [0.25, 0.3) is 11.1 Å². The molecule has 5 heteroatoms. The van der Waals surface area contributed by atoms with Gasteiger partial charge in [-0.3, -0.25) is 0 Å². The Kier molecular flexibility index (Phi) is 7.24. The van der Waals surface area contributed by atoms with Crippen LogP contribution in [0.15, 0.2) is 72.2 Å². The molecule has 0 bridgehead atoms. The first kappa shape index (κ1) is 19.7. The molecule has 1 aromatic heterocycles. The Morgan fingerprint density at radius 3 is 2.57 bits per heavy atom. The molecule has 0 radical (unpaired) electrons. The van der Waals surface area contributed by atoms with E-state index >= 15 is 0 Å². The molecule has 0 amide bonds. The van der Waals surface area contributed by atoms with E-state index in [1.807, 2.05) is 18.7 Å². The monoisotopic (exact) mass is 375 g/mol. The quantitative estimate of drug-likeness (QED) is 0.461. The highest BCUT2D eigenvalue weighted by Crippen LogP contribution is 2.25. The van der Waals surface area contributed by atoms with E-state index in [0.717, 1.165) is 32.0 Å². The molecule has 3 aromatic rings. The van der Waals surface area contributed by atoms with Gasteiger partial charge >= 0.3 is 0 Å². The second-order valence-electron chi connectivity index (χ2n) is 6.71. The molecular formula is C23H29N5. The lowest BCUT2D eigenvalue weighted by Gasteiger charge is -2.12. The smallest absolute Gasteiger partial charge is 0.191 e.